The molecule has 0 N–H and O–H groups in total. The van der Waals surface area contributed by atoms with Gasteiger partial charge in [-0.25, -0.2) is 9.78 Å². The molecule has 8 nitrogen and oxygen atoms in total. The highest BCUT2D eigenvalue weighted by Crippen LogP contribution is 2.19. The molecular weight excluding hydrogens is 376 g/mol. The molecule has 9 heteroatoms. The average Bonchev–Trinajstić information content (AvgIpc) is 2.55. The fraction of sp³-hybridized carbons (Fsp3) is 0.556. The molecule has 0 saturated heterocycles. The van der Waals surface area contributed by atoms with Gasteiger partial charge >= 0.3 is 18.0 Å². The van der Waals surface area contributed by atoms with Gasteiger partial charge in [0.2, 0.25) is 0 Å². The van der Waals surface area contributed by atoms with E-state index in [9.17, 15) is 14.4 Å². The molecule has 1 heterocycles. The van der Waals surface area contributed by atoms with Crippen LogP contribution >= 0.6 is 11.6 Å². The van der Waals surface area contributed by atoms with Gasteiger partial charge in [0.1, 0.15) is 18.0 Å². The Hall–Kier alpha value is -2.35. The van der Waals surface area contributed by atoms with Gasteiger partial charge < -0.3 is 14.2 Å². The largest absolute Gasteiger partial charge is 0.461 e. The Bertz CT molecular complexity index is 672. The van der Waals surface area contributed by atoms with Crippen LogP contribution in [0.2, 0.25) is 0 Å². The van der Waals surface area contributed by atoms with Gasteiger partial charge in [0.05, 0.1) is 12.8 Å². The highest BCUT2D eigenvalue weighted by atomic mass is 35.5. The molecule has 1 unspecified atom stereocenters. The maximum absolute atomic E-state index is 12.0. The highest BCUT2D eigenvalue weighted by molar-refractivity contribution is 6.20. The van der Waals surface area contributed by atoms with Gasteiger partial charge in [-0.3, -0.25) is 14.5 Å². The Balaban J connectivity index is 2.61. The van der Waals surface area contributed by atoms with Gasteiger partial charge in [0, 0.05) is 18.8 Å². The second kappa shape index (κ2) is 10.1. The van der Waals surface area contributed by atoms with Crippen LogP contribution in [0.3, 0.4) is 0 Å². The molecule has 0 radical (unpaired) electrons. The molecule has 1 aromatic heterocycles. The molecule has 0 aliphatic heterocycles. The lowest BCUT2D eigenvalue weighted by atomic mass is 10.2. The number of aromatic nitrogens is 1. The minimum absolute atomic E-state index is 0.0736. The lowest BCUT2D eigenvalue weighted by molar-refractivity contribution is -0.158. The van der Waals surface area contributed by atoms with Gasteiger partial charge in [-0.15, -0.1) is 0 Å². The van der Waals surface area contributed by atoms with E-state index in [0.717, 1.165) is 0 Å². The number of carbonyl (C=O) groups excluding carboxylic acids is 3. The summed E-state index contributed by atoms with van der Waals surface area (Å²) in [5.41, 5.74) is -0.895. The molecule has 150 valence electrons. The number of carbonyl (C=O) groups is 3. The predicted molar refractivity (Wildman–Crippen MR) is 99.3 cm³/mol. The molecule has 0 spiro atoms. The van der Waals surface area contributed by atoms with Gasteiger partial charge in [-0.05, 0) is 33.8 Å². The molecule has 1 rings (SSSR count). The molecule has 0 fully saturated rings. The summed E-state index contributed by atoms with van der Waals surface area (Å²) in [6.07, 6.45) is 0.632. The van der Waals surface area contributed by atoms with E-state index < -0.39 is 29.2 Å². The number of alkyl halides is 1. The van der Waals surface area contributed by atoms with Gasteiger partial charge in [0.25, 0.3) is 0 Å². The van der Waals surface area contributed by atoms with Crippen LogP contribution in [-0.4, -0.2) is 41.2 Å². The zero-order chi connectivity index (χ0) is 20.6. The number of amides is 1. The highest BCUT2D eigenvalue weighted by Gasteiger charge is 2.20. The normalized spacial score (nSPS) is 12.1. The third kappa shape index (κ3) is 8.72. The molecule has 0 aliphatic carbocycles. The van der Waals surface area contributed by atoms with Crippen molar-refractivity contribution in [3.05, 3.63) is 23.9 Å². The summed E-state index contributed by atoms with van der Waals surface area (Å²) in [5, 5.41) is 0. The fourth-order valence-electron chi connectivity index (χ4n) is 1.98. The Morgan fingerprint density at radius 1 is 1.22 bits per heavy atom. The monoisotopic (exact) mass is 400 g/mol. The van der Waals surface area contributed by atoms with Crippen molar-refractivity contribution in [3.8, 4) is 0 Å². The summed E-state index contributed by atoms with van der Waals surface area (Å²) >= 11 is 5.65. The standard InChI is InChI=1S/C18H25ClN2O6/c1-12(19)26-17(24)21(5)16-13(7-6-10-20-16)11-25-14(22)8-9-15(23)27-18(2,3)4/h6-7,10,12H,8-9,11H2,1-5H3. The Kier molecular flexibility index (Phi) is 8.49. The minimum Gasteiger partial charge on any atom is -0.461 e. The Labute approximate surface area is 163 Å². The SMILES string of the molecule is CC(Cl)OC(=O)N(C)c1ncccc1COC(=O)CCC(=O)OC(C)(C)C. The van der Waals surface area contributed by atoms with Crippen molar-refractivity contribution in [2.75, 3.05) is 11.9 Å². The molecule has 27 heavy (non-hydrogen) atoms. The zero-order valence-electron chi connectivity index (χ0n) is 16.2. The number of esters is 2. The lowest BCUT2D eigenvalue weighted by Gasteiger charge is -2.20. The molecule has 0 bridgehead atoms. The summed E-state index contributed by atoms with van der Waals surface area (Å²) in [6, 6.07) is 3.31. The average molecular weight is 401 g/mol. The molecule has 1 aromatic rings. The second-order valence-corrected chi connectivity index (χ2v) is 7.33. The first kappa shape index (κ1) is 22.7. The Morgan fingerprint density at radius 2 is 1.85 bits per heavy atom. The first-order chi connectivity index (χ1) is 12.5. The first-order valence-electron chi connectivity index (χ1n) is 8.39. The van der Waals surface area contributed by atoms with Crippen LogP contribution in [0.4, 0.5) is 10.6 Å². The van der Waals surface area contributed by atoms with E-state index >= 15 is 0 Å². The van der Waals surface area contributed by atoms with Gasteiger partial charge in [-0.1, -0.05) is 17.7 Å². The lowest BCUT2D eigenvalue weighted by Crippen LogP contribution is -2.30. The number of nitrogens with zero attached hydrogens (tertiary/aromatic N) is 2. The van der Waals surface area contributed by atoms with E-state index in [4.69, 9.17) is 25.8 Å². The van der Waals surface area contributed by atoms with Crippen LogP contribution < -0.4 is 4.90 Å². The minimum atomic E-state index is -0.794. The van der Waals surface area contributed by atoms with Crippen molar-refractivity contribution >= 4 is 35.5 Å². The van der Waals surface area contributed by atoms with Crippen LogP contribution in [0.1, 0.15) is 46.1 Å². The van der Waals surface area contributed by atoms with Crippen molar-refractivity contribution < 1.29 is 28.6 Å². The van der Waals surface area contributed by atoms with Crippen LogP contribution in [0, 0.1) is 0 Å². The van der Waals surface area contributed by atoms with E-state index in [-0.39, 0.29) is 25.3 Å². The number of ether oxygens (including phenoxy) is 3. The van der Waals surface area contributed by atoms with Crippen molar-refractivity contribution in [1.82, 2.24) is 4.98 Å². The number of hydrogen-bond donors (Lipinski definition) is 0. The quantitative estimate of drug-likeness (QED) is 0.393. The third-order valence-corrected chi connectivity index (χ3v) is 3.15. The summed E-state index contributed by atoms with van der Waals surface area (Å²) in [6.45, 7) is 6.66. The number of halogens is 1. The van der Waals surface area contributed by atoms with E-state index in [2.05, 4.69) is 4.98 Å². The van der Waals surface area contributed by atoms with Crippen LogP contribution in [-0.2, 0) is 30.4 Å². The molecule has 0 aromatic carbocycles. The summed E-state index contributed by atoms with van der Waals surface area (Å²) in [4.78, 5) is 40.8. The maximum Gasteiger partial charge on any atom is 0.416 e. The molecular formula is C18H25ClN2O6. The number of hydrogen-bond acceptors (Lipinski definition) is 7. The van der Waals surface area contributed by atoms with E-state index in [1.807, 2.05) is 0 Å². The Morgan fingerprint density at radius 3 is 2.44 bits per heavy atom. The molecule has 0 saturated carbocycles. The molecule has 1 amide bonds. The van der Waals surface area contributed by atoms with Crippen LogP contribution in [0.25, 0.3) is 0 Å². The smallest absolute Gasteiger partial charge is 0.416 e. The summed E-state index contributed by atoms with van der Waals surface area (Å²) in [5.74, 6) is -0.755. The van der Waals surface area contributed by atoms with E-state index in [0.29, 0.717) is 5.56 Å². The van der Waals surface area contributed by atoms with Gasteiger partial charge in [-0.2, -0.15) is 0 Å². The molecule has 1 atom stereocenters. The number of pyridine rings is 1. The predicted octanol–water partition coefficient (Wildman–Crippen LogP) is 3.40. The number of anilines is 1. The number of rotatable bonds is 7. The van der Waals surface area contributed by atoms with Crippen LogP contribution in [0.15, 0.2) is 18.3 Å². The topological polar surface area (TPSA) is 95.0 Å². The van der Waals surface area contributed by atoms with Crippen LogP contribution in [0.5, 0.6) is 0 Å². The summed E-state index contributed by atoms with van der Waals surface area (Å²) in [7, 11) is 1.47. The fourth-order valence-corrected chi connectivity index (χ4v) is 2.05. The van der Waals surface area contributed by atoms with E-state index in [1.165, 1.54) is 25.1 Å². The van der Waals surface area contributed by atoms with Crippen molar-refractivity contribution in [3.63, 3.8) is 0 Å². The zero-order valence-corrected chi connectivity index (χ0v) is 16.9. The van der Waals surface area contributed by atoms with Crippen molar-refractivity contribution in [2.45, 2.75) is 58.3 Å². The second-order valence-electron chi connectivity index (χ2n) is 6.72. The molecule has 0 aliphatic rings. The van der Waals surface area contributed by atoms with E-state index in [1.54, 1.807) is 32.9 Å². The van der Waals surface area contributed by atoms with Crippen molar-refractivity contribution in [2.24, 2.45) is 0 Å². The van der Waals surface area contributed by atoms with Gasteiger partial charge in [0.15, 0.2) is 5.56 Å². The first-order valence-corrected chi connectivity index (χ1v) is 8.83. The maximum atomic E-state index is 12.0. The van der Waals surface area contributed by atoms with Crippen molar-refractivity contribution in [1.29, 1.82) is 0 Å². The third-order valence-electron chi connectivity index (χ3n) is 3.06. The summed E-state index contributed by atoms with van der Waals surface area (Å²) < 4.78 is 15.2.